The molecule has 13 heavy (non-hydrogen) atoms. The van der Waals surface area contributed by atoms with Gasteiger partial charge >= 0.3 is 0 Å². The van der Waals surface area contributed by atoms with Crippen LogP contribution >= 0.6 is 11.3 Å². The van der Waals surface area contributed by atoms with Gasteiger partial charge in [0.05, 0.1) is 10.9 Å². The third kappa shape index (κ3) is 4.63. The molecular weight excluding hydrogens is 178 g/mol. The molecule has 72 valence electrons. The van der Waals surface area contributed by atoms with Crippen molar-refractivity contribution < 1.29 is 0 Å². The Bertz CT molecular complexity index is 356. The molecule has 1 heterocycles. The zero-order valence-corrected chi connectivity index (χ0v) is 9.61. The minimum absolute atomic E-state index is 0.983. The molecule has 0 atom stereocenters. The second kappa shape index (κ2) is 6.61. The van der Waals surface area contributed by atoms with Crippen molar-refractivity contribution in [2.24, 2.45) is 0 Å². The van der Waals surface area contributed by atoms with Crippen LogP contribution in [-0.2, 0) is 0 Å². The van der Waals surface area contributed by atoms with Gasteiger partial charge in [-0.3, -0.25) is 0 Å². The summed E-state index contributed by atoms with van der Waals surface area (Å²) in [6, 6.07) is 0. The largest absolute Gasteiger partial charge is 0.245 e. The summed E-state index contributed by atoms with van der Waals surface area (Å²) in [6.45, 7) is 12.0. The Morgan fingerprint density at radius 1 is 1.46 bits per heavy atom. The fraction of sp³-hybridized carbons (Fsp3) is 0.364. The van der Waals surface area contributed by atoms with Crippen LogP contribution in [0.2, 0.25) is 0 Å². The van der Waals surface area contributed by atoms with E-state index in [-0.39, 0.29) is 0 Å². The fourth-order valence-electron chi connectivity index (χ4n) is 0.661. The van der Waals surface area contributed by atoms with Gasteiger partial charge in [-0.2, -0.15) is 0 Å². The first kappa shape index (κ1) is 12.1. The van der Waals surface area contributed by atoms with E-state index in [1.807, 2.05) is 31.5 Å². The van der Waals surface area contributed by atoms with E-state index in [1.54, 1.807) is 11.3 Å². The van der Waals surface area contributed by atoms with Gasteiger partial charge in [0.25, 0.3) is 0 Å². The van der Waals surface area contributed by atoms with Crippen molar-refractivity contribution in [3.8, 4) is 0 Å². The number of rotatable bonds is 1. The van der Waals surface area contributed by atoms with Crippen LogP contribution in [0.3, 0.4) is 0 Å². The Labute approximate surface area is 84.1 Å². The van der Waals surface area contributed by atoms with Crippen molar-refractivity contribution in [2.75, 3.05) is 0 Å². The second-order valence-electron chi connectivity index (χ2n) is 2.57. The zero-order valence-electron chi connectivity index (χ0n) is 8.79. The first-order valence-electron chi connectivity index (χ1n) is 4.44. The van der Waals surface area contributed by atoms with Crippen LogP contribution in [-0.4, -0.2) is 4.98 Å². The highest BCUT2D eigenvalue weighted by molar-refractivity contribution is 7.07. The molecule has 2 heteroatoms. The molecule has 0 bridgehead atoms. The summed E-state index contributed by atoms with van der Waals surface area (Å²) in [5.74, 6) is 0. The highest BCUT2D eigenvalue weighted by Gasteiger charge is 1.81. The number of allylic oxidation sites excluding steroid dienone is 2. The molecule has 0 saturated heterocycles. The number of hydrogen-bond acceptors (Lipinski definition) is 2. The number of hydrogen-bond donors (Lipinski definition) is 0. The molecule has 0 aliphatic heterocycles. The maximum atomic E-state index is 4.14. The summed E-state index contributed by atoms with van der Waals surface area (Å²) in [5.41, 5.74) is 3.09. The van der Waals surface area contributed by atoms with Crippen LogP contribution in [0.5, 0.6) is 0 Å². The van der Waals surface area contributed by atoms with Crippen molar-refractivity contribution in [1.82, 2.24) is 4.98 Å². The predicted molar refractivity (Wildman–Crippen MR) is 62.1 cm³/mol. The van der Waals surface area contributed by atoms with Gasteiger partial charge in [-0.05, 0) is 19.9 Å². The van der Waals surface area contributed by atoms with Crippen LogP contribution in [0.4, 0.5) is 0 Å². The molecule has 0 aliphatic rings. The third-order valence-corrected chi connectivity index (χ3v) is 1.95. The van der Waals surface area contributed by atoms with E-state index in [0.717, 1.165) is 9.88 Å². The molecule has 0 aliphatic carbocycles. The maximum Gasteiger partial charge on any atom is 0.0805 e. The van der Waals surface area contributed by atoms with Gasteiger partial charge in [-0.15, -0.1) is 11.3 Å². The van der Waals surface area contributed by atoms with Gasteiger partial charge in [-0.25, -0.2) is 4.98 Å². The van der Waals surface area contributed by atoms with Gasteiger partial charge in [0.15, 0.2) is 0 Å². The van der Waals surface area contributed by atoms with Crippen LogP contribution in [0.1, 0.15) is 27.7 Å². The molecule has 0 unspecified atom stereocenters. The van der Waals surface area contributed by atoms with Crippen molar-refractivity contribution in [3.63, 3.8) is 0 Å². The quantitative estimate of drug-likeness (QED) is 0.670. The van der Waals surface area contributed by atoms with Crippen LogP contribution in [0.25, 0.3) is 12.7 Å². The standard InChI is InChI=1S/C9H11NS.C2H6/c1-7(2)4-5-9-8(3)11-6-10-9;1-2/h4-6H,3H2,1-2H3;1-2H3/b9-5+;. The van der Waals surface area contributed by atoms with Gasteiger partial charge < -0.3 is 0 Å². The minimum Gasteiger partial charge on any atom is -0.245 e. The first-order chi connectivity index (χ1) is 6.20. The molecule has 0 amide bonds. The molecule has 0 fully saturated rings. The lowest BCUT2D eigenvalue weighted by atomic mass is 10.3. The maximum absolute atomic E-state index is 4.14. The van der Waals surface area contributed by atoms with Crippen molar-refractivity contribution in [3.05, 3.63) is 27.0 Å². The lowest BCUT2D eigenvalue weighted by Crippen LogP contribution is -2.18. The molecule has 0 aromatic carbocycles. The van der Waals surface area contributed by atoms with Gasteiger partial charge in [-0.1, -0.05) is 32.1 Å². The molecule has 1 aromatic rings. The van der Waals surface area contributed by atoms with Crippen molar-refractivity contribution >= 4 is 24.0 Å². The number of nitrogens with zero attached hydrogens (tertiary/aromatic N) is 1. The first-order valence-corrected chi connectivity index (χ1v) is 5.32. The van der Waals surface area contributed by atoms with Crippen molar-refractivity contribution in [1.29, 1.82) is 0 Å². The Morgan fingerprint density at radius 2 is 2.08 bits per heavy atom. The molecule has 0 N–H and O–H groups in total. The summed E-state index contributed by atoms with van der Waals surface area (Å²) in [7, 11) is 0. The third-order valence-electron chi connectivity index (χ3n) is 1.25. The summed E-state index contributed by atoms with van der Waals surface area (Å²) in [4.78, 5) is 4.14. The average Bonchev–Trinajstić information content (AvgIpc) is 2.51. The molecular formula is C11H17NS. The van der Waals surface area contributed by atoms with E-state index in [9.17, 15) is 0 Å². The molecule has 1 aromatic heterocycles. The van der Waals surface area contributed by atoms with E-state index < -0.39 is 0 Å². The zero-order chi connectivity index (χ0) is 10.3. The summed E-state index contributed by atoms with van der Waals surface area (Å²) < 4.78 is 1.03. The summed E-state index contributed by atoms with van der Waals surface area (Å²) in [5, 5.41) is 0.983. The predicted octanol–water partition coefficient (Wildman–Crippen LogP) is 2.33. The fourth-order valence-corrected chi connectivity index (χ4v) is 1.20. The van der Waals surface area contributed by atoms with Gasteiger partial charge in [0.1, 0.15) is 0 Å². The van der Waals surface area contributed by atoms with E-state index in [0.29, 0.717) is 0 Å². The molecule has 0 saturated carbocycles. The smallest absolute Gasteiger partial charge is 0.0805 e. The highest BCUT2D eigenvalue weighted by Crippen LogP contribution is 1.87. The molecule has 1 nitrogen and oxygen atoms in total. The van der Waals surface area contributed by atoms with Crippen LogP contribution in [0.15, 0.2) is 17.2 Å². The number of aromatic nitrogens is 1. The Kier molecular flexibility index (Phi) is 6.15. The summed E-state index contributed by atoms with van der Waals surface area (Å²) in [6.07, 6.45) is 4.04. The van der Waals surface area contributed by atoms with E-state index in [4.69, 9.17) is 0 Å². The van der Waals surface area contributed by atoms with Gasteiger partial charge in [0.2, 0.25) is 0 Å². The van der Waals surface area contributed by atoms with E-state index in [1.165, 1.54) is 5.57 Å². The molecule has 0 radical (unpaired) electrons. The summed E-state index contributed by atoms with van der Waals surface area (Å²) >= 11 is 1.57. The minimum atomic E-state index is 0.983. The lowest BCUT2D eigenvalue weighted by molar-refractivity contribution is 1.31. The van der Waals surface area contributed by atoms with Gasteiger partial charge in [0, 0.05) is 4.53 Å². The molecule has 0 spiro atoms. The lowest BCUT2D eigenvalue weighted by Gasteiger charge is -1.79. The van der Waals surface area contributed by atoms with Crippen molar-refractivity contribution in [2.45, 2.75) is 27.7 Å². The Balaban J connectivity index is 0.000000671. The SMILES string of the molecule is C=c1scn/c1=C/C=C(C)C.CC. The van der Waals surface area contributed by atoms with Crippen LogP contribution < -0.4 is 9.88 Å². The van der Waals surface area contributed by atoms with E-state index >= 15 is 0 Å². The topological polar surface area (TPSA) is 12.9 Å². The average molecular weight is 195 g/mol. The number of thiazole rings is 1. The molecule has 1 rings (SSSR count). The highest BCUT2D eigenvalue weighted by atomic mass is 32.1. The Hall–Kier alpha value is -0.890. The normalized spacial score (nSPS) is 10.3. The monoisotopic (exact) mass is 195 g/mol. The van der Waals surface area contributed by atoms with E-state index in [2.05, 4.69) is 25.4 Å². The Morgan fingerprint density at radius 3 is 2.46 bits per heavy atom. The second-order valence-corrected chi connectivity index (χ2v) is 3.51. The van der Waals surface area contributed by atoms with Crippen LogP contribution in [0, 0.1) is 0 Å².